The lowest BCUT2D eigenvalue weighted by Gasteiger charge is -2.22. The molecule has 0 amide bonds. The van der Waals surface area contributed by atoms with Crippen LogP contribution < -0.4 is 10.6 Å². The molecule has 0 bridgehead atoms. The van der Waals surface area contributed by atoms with Gasteiger partial charge in [-0.05, 0) is 50.2 Å². The van der Waals surface area contributed by atoms with Crippen molar-refractivity contribution in [3.63, 3.8) is 0 Å². The van der Waals surface area contributed by atoms with Crippen LogP contribution in [-0.4, -0.2) is 64.3 Å². The number of rotatable bonds is 12. The lowest BCUT2D eigenvalue weighted by molar-refractivity contribution is -0.0390. The minimum atomic E-state index is 0. The molecule has 8 heteroatoms. The predicted octanol–water partition coefficient (Wildman–Crippen LogP) is 3.64. The molecule has 2 saturated heterocycles. The number of ether oxygens (including phenoxy) is 4. The van der Waals surface area contributed by atoms with Gasteiger partial charge in [0.2, 0.25) is 0 Å². The number of hydrogen-bond donors (Lipinski definition) is 2. The number of hydrogen-bond acceptors (Lipinski definition) is 5. The Labute approximate surface area is 210 Å². The second-order valence-corrected chi connectivity index (χ2v) is 8.12. The molecule has 182 valence electrons. The van der Waals surface area contributed by atoms with Crippen molar-refractivity contribution in [2.75, 3.05) is 46.1 Å². The van der Waals surface area contributed by atoms with Gasteiger partial charge in [-0.1, -0.05) is 24.3 Å². The van der Waals surface area contributed by atoms with Crippen LogP contribution in [0.4, 0.5) is 0 Å². The van der Waals surface area contributed by atoms with Crippen LogP contribution in [0.15, 0.2) is 29.3 Å². The minimum absolute atomic E-state index is 0. The molecular formula is C24H40IN3O4. The summed E-state index contributed by atoms with van der Waals surface area (Å²) in [6, 6.07) is 8.54. The molecule has 0 aliphatic carbocycles. The van der Waals surface area contributed by atoms with E-state index in [9.17, 15) is 0 Å². The molecule has 1 aromatic carbocycles. The lowest BCUT2D eigenvalue weighted by Crippen LogP contribution is -2.38. The van der Waals surface area contributed by atoms with Gasteiger partial charge in [0.25, 0.3) is 0 Å². The summed E-state index contributed by atoms with van der Waals surface area (Å²) in [4.78, 5) is 4.70. The zero-order valence-electron chi connectivity index (χ0n) is 19.4. The molecule has 0 saturated carbocycles. The van der Waals surface area contributed by atoms with E-state index in [0.717, 1.165) is 77.6 Å². The van der Waals surface area contributed by atoms with Crippen molar-refractivity contribution in [2.24, 2.45) is 4.99 Å². The third-order valence-corrected chi connectivity index (χ3v) is 5.53. The van der Waals surface area contributed by atoms with Gasteiger partial charge in [-0.15, -0.1) is 24.0 Å². The molecule has 0 spiro atoms. The molecule has 0 radical (unpaired) electrons. The van der Waals surface area contributed by atoms with Gasteiger partial charge in [0, 0.05) is 39.5 Å². The van der Waals surface area contributed by atoms with Gasteiger partial charge in [-0.3, -0.25) is 0 Å². The van der Waals surface area contributed by atoms with Crippen LogP contribution >= 0.6 is 24.0 Å². The average molecular weight is 562 g/mol. The van der Waals surface area contributed by atoms with Crippen molar-refractivity contribution in [3.05, 3.63) is 35.4 Å². The molecule has 7 nitrogen and oxygen atoms in total. The van der Waals surface area contributed by atoms with Gasteiger partial charge in [-0.2, -0.15) is 0 Å². The normalized spacial score (nSPS) is 19.5. The molecule has 1 unspecified atom stereocenters. The number of nitrogens with one attached hydrogen (secondary N) is 2. The van der Waals surface area contributed by atoms with E-state index in [1.807, 2.05) is 0 Å². The second-order valence-electron chi connectivity index (χ2n) is 8.12. The van der Waals surface area contributed by atoms with Crippen LogP contribution in [0.1, 0.15) is 50.2 Å². The number of aliphatic imine (C=N–C) groups is 1. The minimum Gasteiger partial charge on any atom is -0.381 e. The maximum Gasteiger partial charge on any atom is 0.191 e. The fourth-order valence-corrected chi connectivity index (χ4v) is 3.68. The molecule has 32 heavy (non-hydrogen) atoms. The Kier molecular flexibility index (Phi) is 14.2. The summed E-state index contributed by atoms with van der Waals surface area (Å²) in [7, 11) is 0. The van der Waals surface area contributed by atoms with E-state index in [2.05, 4.69) is 41.8 Å². The number of nitrogens with zero attached hydrogens (tertiary/aromatic N) is 1. The van der Waals surface area contributed by atoms with Crippen molar-refractivity contribution >= 4 is 29.9 Å². The van der Waals surface area contributed by atoms with Crippen molar-refractivity contribution in [3.8, 4) is 0 Å². The van der Waals surface area contributed by atoms with Crippen molar-refractivity contribution in [2.45, 2.75) is 64.4 Å². The van der Waals surface area contributed by atoms with Crippen LogP contribution in [0, 0.1) is 0 Å². The van der Waals surface area contributed by atoms with Gasteiger partial charge in [0.15, 0.2) is 5.96 Å². The SMILES string of the molecule is CCNC(=NCc1ccc(COC2CCOCC2)cc1)NCCCOCC1CCCO1.I. The summed E-state index contributed by atoms with van der Waals surface area (Å²) >= 11 is 0. The predicted molar refractivity (Wildman–Crippen MR) is 138 cm³/mol. The molecule has 2 N–H and O–H groups in total. The summed E-state index contributed by atoms with van der Waals surface area (Å²) in [5.41, 5.74) is 2.39. The second kappa shape index (κ2) is 16.6. The van der Waals surface area contributed by atoms with E-state index in [1.165, 1.54) is 11.1 Å². The molecule has 2 fully saturated rings. The Bertz CT molecular complexity index is 633. The molecule has 2 aliphatic rings. The smallest absolute Gasteiger partial charge is 0.191 e. The monoisotopic (exact) mass is 561 g/mol. The Hall–Kier alpha value is -0.940. The summed E-state index contributed by atoms with van der Waals surface area (Å²) in [5.74, 6) is 0.841. The van der Waals surface area contributed by atoms with Crippen molar-refractivity contribution in [1.82, 2.24) is 10.6 Å². The van der Waals surface area contributed by atoms with Gasteiger partial charge in [-0.25, -0.2) is 4.99 Å². The van der Waals surface area contributed by atoms with Crippen molar-refractivity contribution < 1.29 is 18.9 Å². The maximum atomic E-state index is 6.00. The molecule has 2 aliphatic heterocycles. The number of guanidine groups is 1. The third-order valence-electron chi connectivity index (χ3n) is 5.53. The highest BCUT2D eigenvalue weighted by molar-refractivity contribution is 14.0. The van der Waals surface area contributed by atoms with E-state index in [0.29, 0.717) is 32.0 Å². The maximum absolute atomic E-state index is 6.00. The first-order chi connectivity index (χ1) is 15.3. The van der Waals surface area contributed by atoms with E-state index in [-0.39, 0.29) is 24.0 Å². The topological polar surface area (TPSA) is 73.3 Å². The third kappa shape index (κ3) is 10.8. The summed E-state index contributed by atoms with van der Waals surface area (Å²) in [5, 5.41) is 6.69. The number of benzene rings is 1. The zero-order valence-corrected chi connectivity index (χ0v) is 21.7. The molecule has 3 rings (SSSR count). The van der Waals surface area contributed by atoms with Crippen LogP contribution in [0.3, 0.4) is 0 Å². The standard InChI is InChI=1S/C24H39N3O4.HI/c1-2-25-24(26-12-4-13-29-19-23-5-3-14-30-23)27-17-20-6-8-21(9-7-20)18-31-22-10-15-28-16-11-22;/h6-9,22-23H,2-5,10-19H2,1H3,(H2,25,26,27);1H. The Morgan fingerprint density at radius 2 is 1.84 bits per heavy atom. The fourth-order valence-electron chi connectivity index (χ4n) is 3.68. The summed E-state index contributed by atoms with van der Waals surface area (Å²) in [6.07, 6.45) is 5.84. The van der Waals surface area contributed by atoms with Gasteiger partial charge in [0.05, 0.1) is 32.0 Å². The van der Waals surface area contributed by atoms with Crippen LogP contribution in [0.25, 0.3) is 0 Å². The van der Waals surface area contributed by atoms with Crippen LogP contribution in [-0.2, 0) is 32.1 Å². The van der Waals surface area contributed by atoms with E-state index >= 15 is 0 Å². The quantitative estimate of drug-likeness (QED) is 0.176. The molecule has 0 aromatic heterocycles. The first kappa shape index (κ1) is 27.3. The Morgan fingerprint density at radius 3 is 2.56 bits per heavy atom. The Morgan fingerprint density at radius 1 is 1.06 bits per heavy atom. The fraction of sp³-hybridized carbons (Fsp3) is 0.708. The van der Waals surface area contributed by atoms with E-state index < -0.39 is 0 Å². The first-order valence-electron chi connectivity index (χ1n) is 11.8. The summed E-state index contributed by atoms with van der Waals surface area (Å²) in [6.45, 7) is 9.01. The average Bonchev–Trinajstić information content (AvgIpc) is 3.33. The largest absolute Gasteiger partial charge is 0.381 e. The van der Waals surface area contributed by atoms with Crippen LogP contribution in [0.2, 0.25) is 0 Å². The van der Waals surface area contributed by atoms with E-state index in [4.69, 9.17) is 23.9 Å². The van der Waals surface area contributed by atoms with Gasteiger partial charge >= 0.3 is 0 Å². The summed E-state index contributed by atoms with van der Waals surface area (Å²) < 4.78 is 22.7. The van der Waals surface area contributed by atoms with Gasteiger partial charge in [0.1, 0.15) is 0 Å². The molecular weight excluding hydrogens is 521 g/mol. The molecule has 1 aromatic rings. The van der Waals surface area contributed by atoms with E-state index in [1.54, 1.807) is 0 Å². The lowest BCUT2D eigenvalue weighted by atomic mass is 10.1. The van der Waals surface area contributed by atoms with Crippen molar-refractivity contribution in [1.29, 1.82) is 0 Å². The molecule has 1 atom stereocenters. The molecule has 2 heterocycles. The number of halogens is 1. The van der Waals surface area contributed by atoms with Gasteiger partial charge < -0.3 is 29.6 Å². The highest BCUT2D eigenvalue weighted by Crippen LogP contribution is 2.14. The Balaban J connectivity index is 0.00000363. The van der Waals surface area contributed by atoms with Crippen LogP contribution in [0.5, 0.6) is 0 Å². The highest BCUT2D eigenvalue weighted by atomic mass is 127. The zero-order chi connectivity index (χ0) is 21.6. The first-order valence-corrected chi connectivity index (χ1v) is 11.8. The highest BCUT2D eigenvalue weighted by Gasteiger charge is 2.15.